The van der Waals surface area contributed by atoms with Gasteiger partial charge in [0.25, 0.3) is 0 Å². The predicted molar refractivity (Wildman–Crippen MR) is 158 cm³/mol. The van der Waals surface area contributed by atoms with Gasteiger partial charge in [-0.05, 0) is 72.6 Å². The number of nitrogens with zero attached hydrogens (tertiary/aromatic N) is 1. The quantitative estimate of drug-likeness (QED) is 0.381. The van der Waals surface area contributed by atoms with Crippen molar-refractivity contribution < 1.29 is 4.74 Å². The third kappa shape index (κ3) is 13.6. The highest BCUT2D eigenvalue weighted by molar-refractivity contribution is 5.69. The molecule has 0 heterocycles. The molecule has 0 fully saturated rings. The standard InChI is InChI=1S/C22H24N2O.C6H14.2C2H6/c1-24(2)16-17-7-11-20(12-8-17)23-21-13-9-18(10-14-21)19-5-4-6-22(15-19)25-3;1-5-6(2,3)4;2*1-2/h4-15,23H,16H2,1-3H3;5H2,1-4H3;2*1-2H3. The van der Waals surface area contributed by atoms with E-state index >= 15 is 0 Å². The molecule has 0 aliphatic heterocycles. The molecule has 0 aliphatic carbocycles. The third-order valence-electron chi connectivity index (χ3n) is 5.09. The molecule has 0 bridgehead atoms. The number of ether oxygens (including phenoxy) is 1. The number of hydrogen-bond donors (Lipinski definition) is 1. The maximum Gasteiger partial charge on any atom is 0.119 e. The fourth-order valence-corrected chi connectivity index (χ4v) is 2.77. The van der Waals surface area contributed by atoms with E-state index in [1.54, 1.807) is 7.11 Å². The van der Waals surface area contributed by atoms with E-state index in [4.69, 9.17) is 4.74 Å². The largest absolute Gasteiger partial charge is 0.497 e. The highest BCUT2D eigenvalue weighted by Gasteiger charge is 2.03. The van der Waals surface area contributed by atoms with Crippen LogP contribution >= 0.6 is 0 Å². The van der Waals surface area contributed by atoms with E-state index in [9.17, 15) is 0 Å². The summed E-state index contributed by atoms with van der Waals surface area (Å²) in [6, 6.07) is 25.1. The van der Waals surface area contributed by atoms with Gasteiger partial charge in [0.05, 0.1) is 7.11 Å². The Hall–Kier alpha value is -2.78. The minimum absolute atomic E-state index is 0.542. The van der Waals surface area contributed by atoms with Gasteiger partial charge in [0, 0.05) is 17.9 Å². The molecular weight excluding hydrogens is 428 g/mol. The Bertz CT molecular complexity index is 908. The van der Waals surface area contributed by atoms with Crippen LogP contribution in [0.15, 0.2) is 72.8 Å². The van der Waals surface area contributed by atoms with Crippen molar-refractivity contribution in [3.63, 3.8) is 0 Å². The lowest BCUT2D eigenvalue weighted by Gasteiger charge is -2.12. The monoisotopic (exact) mass is 478 g/mol. The Labute approximate surface area is 216 Å². The molecule has 3 heteroatoms. The van der Waals surface area contributed by atoms with E-state index in [2.05, 4.69) is 107 Å². The van der Waals surface area contributed by atoms with E-state index in [0.717, 1.165) is 29.2 Å². The smallest absolute Gasteiger partial charge is 0.119 e. The molecule has 0 radical (unpaired) electrons. The van der Waals surface area contributed by atoms with Crippen molar-refractivity contribution in [2.24, 2.45) is 5.41 Å². The highest BCUT2D eigenvalue weighted by Crippen LogP contribution is 2.26. The van der Waals surface area contributed by atoms with Crippen LogP contribution in [0.4, 0.5) is 11.4 Å². The van der Waals surface area contributed by atoms with Gasteiger partial charge in [-0.25, -0.2) is 0 Å². The average Bonchev–Trinajstić information content (AvgIpc) is 2.88. The van der Waals surface area contributed by atoms with Gasteiger partial charge in [0.1, 0.15) is 5.75 Å². The first-order valence-electron chi connectivity index (χ1n) is 13.0. The van der Waals surface area contributed by atoms with Gasteiger partial charge < -0.3 is 15.0 Å². The maximum absolute atomic E-state index is 5.30. The van der Waals surface area contributed by atoms with Gasteiger partial charge in [-0.15, -0.1) is 0 Å². The summed E-state index contributed by atoms with van der Waals surface area (Å²) in [5.74, 6) is 0.873. The average molecular weight is 479 g/mol. The van der Waals surface area contributed by atoms with Crippen LogP contribution in [-0.4, -0.2) is 26.1 Å². The normalized spacial score (nSPS) is 10.1. The second-order valence-electron chi connectivity index (χ2n) is 9.28. The Balaban J connectivity index is 0.000000997. The Morgan fingerprint density at radius 3 is 1.66 bits per heavy atom. The van der Waals surface area contributed by atoms with E-state index in [1.165, 1.54) is 17.5 Å². The molecule has 0 atom stereocenters. The summed E-state index contributed by atoms with van der Waals surface area (Å²) in [7, 11) is 5.85. The molecular formula is C32H50N2O. The molecule has 0 unspecified atom stereocenters. The summed E-state index contributed by atoms with van der Waals surface area (Å²) >= 11 is 0. The molecule has 0 aliphatic rings. The van der Waals surface area contributed by atoms with Crippen molar-refractivity contribution in [1.29, 1.82) is 0 Å². The zero-order valence-electron chi connectivity index (χ0n) is 24.2. The summed E-state index contributed by atoms with van der Waals surface area (Å²) in [6.07, 6.45) is 1.27. The number of nitrogens with one attached hydrogen (secondary N) is 1. The lowest BCUT2D eigenvalue weighted by atomic mass is 9.94. The van der Waals surface area contributed by atoms with Crippen molar-refractivity contribution in [3.8, 4) is 16.9 Å². The van der Waals surface area contributed by atoms with Crippen LogP contribution < -0.4 is 10.1 Å². The van der Waals surface area contributed by atoms with Crippen molar-refractivity contribution in [2.45, 2.75) is 68.4 Å². The van der Waals surface area contributed by atoms with E-state index in [0.29, 0.717) is 5.41 Å². The van der Waals surface area contributed by atoms with Crippen molar-refractivity contribution in [2.75, 3.05) is 26.5 Å². The fraction of sp³-hybridized carbons (Fsp3) is 0.438. The van der Waals surface area contributed by atoms with E-state index < -0.39 is 0 Å². The number of benzene rings is 3. The van der Waals surface area contributed by atoms with Crippen LogP contribution in [0.5, 0.6) is 5.75 Å². The highest BCUT2D eigenvalue weighted by atomic mass is 16.5. The SMILES string of the molecule is CC.CC.CCC(C)(C)C.COc1cccc(-c2ccc(Nc3ccc(CN(C)C)cc3)cc2)c1. The molecule has 3 rings (SSSR count). The molecule has 3 aromatic rings. The molecule has 0 spiro atoms. The zero-order chi connectivity index (χ0) is 26.9. The summed E-state index contributed by atoms with van der Waals surface area (Å²) < 4.78 is 5.30. The first kappa shape index (κ1) is 32.2. The van der Waals surface area contributed by atoms with Crippen LogP contribution in [0.3, 0.4) is 0 Å². The minimum Gasteiger partial charge on any atom is -0.497 e. The molecule has 3 aromatic carbocycles. The van der Waals surface area contributed by atoms with Crippen molar-refractivity contribution in [3.05, 3.63) is 78.4 Å². The minimum atomic E-state index is 0.542. The van der Waals surface area contributed by atoms with Crippen molar-refractivity contribution in [1.82, 2.24) is 4.90 Å². The molecule has 3 nitrogen and oxygen atoms in total. The van der Waals surface area contributed by atoms with Gasteiger partial charge in [-0.2, -0.15) is 0 Å². The van der Waals surface area contributed by atoms with Crippen LogP contribution in [0.1, 0.15) is 67.4 Å². The molecule has 1 N–H and O–H groups in total. The van der Waals surface area contributed by atoms with Crippen LogP contribution in [0.25, 0.3) is 11.1 Å². The van der Waals surface area contributed by atoms with Crippen molar-refractivity contribution >= 4 is 11.4 Å². The molecule has 35 heavy (non-hydrogen) atoms. The molecule has 0 aromatic heterocycles. The Morgan fingerprint density at radius 2 is 1.23 bits per heavy atom. The Morgan fingerprint density at radius 1 is 0.743 bits per heavy atom. The number of rotatable bonds is 6. The molecule has 194 valence electrons. The first-order chi connectivity index (χ1) is 16.7. The predicted octanol–water partition coefficient (Wildman–Crippen LogP) is 9.66. The van der Waals surface area contributed by atoms with Gasteiger partial charge >= 0.3 is 0 Å². The molecule has 0 saturated heterocycles. The van der Waals surface area contributed by atoms with Crippen LogP contribution in [-0.2, 0) is 6.54 Å². The van der Waals surface area contributed by atoms with Gasteiger partial charge in [-0.3, -0.25) is 0 Å². The van der Waals surface area contributed by atoms with Gasteiger partial charge in [0.2, 0.25) is 0 Å². The number of anilines is 2. The number of methoxy groups -OCH3 is 1. The van der Waals surface area contributed by atoms with Gasteiger partial charge in [0.15, 0.2) is 0 Å². The van der Waals surface area contributed by atoms with E-state index in [-0.39, 0.29) is 0 Å². The third-order valence-corrected chi connectivity index (χ3v) is 5.09. The second-order valence-corrected chi connectivity index (χ2v) is 9.28. The van der Waals surface area contributed by atoms with Gasteiger partial charge in [-0.1, -0.05) is 98.2 Å². The fourth-order valence-electron chi connectivity index (χ4n) is 2.77. The molecule has 0 saturated carbocycles. The Kier molecular flexibility index (Phi) is 16.2. The number of hydrogen-bond acceptors (Lipinski definition) is 3. The summed E-state index contributed by atoms with van der Waals surface area (Å²) in [5, 5.41) is 3.45. The zero-order valence-corrected chi connectivity index (χ0v) is 24.2. The summed E-state index contributed by atoms with van der Waals surface area (Å²) in [6.45, 7) is 17.9. The maximum atomic E-state index is 5.30. The lowest BCUT2D eigenvalue weighted by molar-refractivity contribution is 0.398. The first-order valence-corrected chi connectivity index (χ1v) is 13.0. The van der Waals surface area contributed by atoms with Crippen LogP contribution in [0, 0.1) is 5.41 Å². The summed E-state index contributed by atoms with van der Waals surface area (Å²) in [4.78, 5) is 2.17. The molecule has 0 amide bonds. The van der Waals surface area contributed by atoms with E-state index in [1.807, 2.05) is 45.9 Å². The topological polar surface area (TPSA) is 24.5 Å². The second kappa shape index (κ2) is 17.6. The van der Waals surface area contributed by atoms with Crippen LogP contribution in [0.2, 0.25) is 0 Å². The lowest BCUT2D eigenvalue weighted by Crippen LogP contribution is -2.10. The summed E-state index contributed by atoms with van der Waals surface area (Å²) in [5.41, 5.74) is 6.34.